The number of nitrogens with zero attached hydrogens (tertiary/aromatic N) is 3. The Morgan fingerprint density at radius 2 is 2.19 bits per heavy atom. The smallest absolute Gasteiger partial charge is 0.234 e. The first-order chi connectivity index (χ1) is 12.7. The van der Waals surface area contributed by atoms with E-state index in [-0.39, 0.29) is 5.91 Å². The third-order valence-corrected chi connectivity index (χ3v) is 6.08. The molecule has 2 aromatic rings. The van der Waals surface area contributed by atoms with E-state index in [1.165, 1.54) is 31.0 Å². The second-order valence-corrected chi connectivity index (χ2v) is 8.20. The fourth-order valence-electron chi connectivity index (χ4n) is 3.04. The maximum Gasteiger partial charge on any atom is 0.234 e. The second-order valence-electron chi connectivity index (χ2n) is 6.32. The fraction of sp³-hybridized carbons (Fsp3) is 0.421. The van der Waals surface area contributed by atoms with Crippen LogP contribution in [0.4, 0.5) is 11.5 Å². The first-order valence-corrected chi connectivity index (χ1v) is 11.0. The van der Waals surface area contributed by atoms with Crippen LogP contribution in [-0.4, -0.2) is 40.5 Å². The molecule has 1 aliphatic rings. The average Bonchev–Trinajstić information content (AvgIpc) is 2.67. The van der Waals surface area contributed by atoms with Crippen LogP contribution in [0.3, 0.4) is 0 Å². The normalized spacial score (nSPS) is 17.2. The summed E-state index contributed by atoms with van der Waals surface area (Å²) in [6.07, 6.45) is 7.30. The van der Waals surface area contributed by atoms with Crippen molar-refractivity contribution in [2.24, 2.45) is 0 Å². The van der Waals surface area contributed by atoms with E-state index < -0.39 is 0 Å². The molecule has 0 saturated carbocycles. The summed E-state index contributed by atoms with van der Waals surface area (Å²) in [6, 6.07) is 10.4. The third-order valence-electron chi connectivity index (χ3n) is 4.43. The van der Waals surface area contributed by atoms with E-state index >= 15 is 0 Å². The lowest BCUT2D eigenvalue weighted by Crippen LogP contribution is -2.38. The van der Waals surface area contributed by atoms with Gasteiger partial charge in [0.25, 0.3) is 0 Å². The molecule has 26 heavy (non-hydrogen) atoms. The molecule has 0 spiro atoms. The molecular formula is C19H24N4OS2. The van der Waals surface area contributed by atoms with Crippen molar-refractivity contribution in [2.75, 3.05) is 28.8 Å². The molecule has 0 radical (unpaired) electrons. The van der Waals surface area contributed by atoms with Crippen molar-refractivity contribution in [2.45, 2.75) is 42.1 Å². The minimum absolute atomic E-state index is 0.0280. The molecule has 1 atom stereocenters. The van der Waals surface area contributed by atoms with Crippen molar-refractivity contribution in [1.29, 1.82) is 0 Å². The summed E-state index contributed by atoms with van der Waals surface area (Å²) in [6.45, 7) is 3.28. The molecule has 1 N–H and O–H groups in total. The van der Waals surface area contributed by atoms with Crippen LogP contribution in [0.1, 0.15) is 26.2 Å². The number of rotatable bonds is 6. The lowest BCUT2D eigenvalue weighted by atomic mass is 10.0. The van der Waals surface area contributed by atoms with E-state index in [0.717, 1.165) is 28.0 Å². The summed E-state index contributed by atoms with van der Waals surface area (Å²) in [4.78, 5) is 24.4. The quantitative estimate of drug-likeness (QED) is 0.588. The minimum atomic E-state index is -0.0280. The Bertz CT molecular complexity index is 756. The highest BCUT2D eigenvalue weighted by atomic mass is 32.2. The van der Waals surface area contributed by atoms with Gasteiger partial charge in [-0.05, 0) is 50.6 Å². The number of anilines is 2. The van der Waals surface area contributed by atoms with Gasteiger partial charge in [-0.2, -0.15) is 0 Å². The maximum absolute atomic E-state index is 12.2. The molecule has 5 nitrogen and oxygen atoms in total. The van der Waals surface area contributed by atoms with Crippen LogP contribution < -0.4 is 10.2 Å². The summed E-state index contributed by atoms with van der Waals surface area (Å²) >= 11 is 3.10. The highest BCUT2D eigenvalue weighted by molar-refractivity contribution is 8.00. The van der Waals surface area contributed by atoms with E-state index in [4.69, 9.17) is 0 Å². The number of amides is 1. The van der Waals surface area contributed by atoms with Crippen molar-refractivity contribution < 1.29 is 4.79 Å². The highest BCUT2D eigenvalue weighted by Gasteiger charge is 2.20. The Labute approximate surface area is 163 Å². The van der Waals surface area contributed by atoms with Gasteiger partial charge in [0, 0.05) is 29.2 Å². The zero-order chi connectivity index (χ0) is 18.4. The van der Waals surface area contributed by atoms with Crippen LogP contribution in [0, 0.1) is 0 Å². The molecule has 1 aliphatic heterocycles. The molecule has 0 unspecified atom stereocenters. The topological polar surface area (TPSA) is 58.1 Å². The number of benzene rings is 1. The summed E-state index contributed by atoms with van der Waals surface area (Å²) < 4.78 is 0. The van der Waals surface area contributed by atoms with Gasteiger partial charge in [0.1, 0.15) is 17.2 Å². The largest absolute Gasteiger partial charge is 0.354 e. The first-order valence-electron chi connectivity index (χ1n) is 8.81. The van der Waals surface area contributed by atoms with E-state index in [1.54, 1.807) is 18.1 Å². The summed E-state index contributed by atoms with van der Waals surface area (Å²) in [5, 5.41) is 3.78. The van der Waals surface area contributed by atoms with Crippen molar-refractivity contribution >= 4 is 40.9 Å². The Kier molecular flexibility index (Phi) is 6.80. The third kappa shape index (κ3) is 5.14. The van der Waals surface area contributed by atoms with Gasteiger partial charge in [-0.25, -0.2) is 9.97 Å². The molecule has 0 aliphatic carbocycles. The molecule has 1 saturated heterocycles. The van der Waals surface area contributed by atoms with Crippen molar-refractivity contribution in [1.82, 2.24) is 9.97 Å². The molecule has 7 heteroatoms. The predicted octanol–water partition coefficient (Wildman–Crippen LogP) is 4.31. The van der Waals surface area contributed by atoms with E-state index in [1.807, 2.05) is 36.6 Å². The number of thioether (sulfide) groups is 2. The molecule has 1 aromatic carbocycles. The van der Waals surface area contributed by atoms with Gasteiger partial charge in [-0.1, -0.05) is 17.8 Å². The molecule has 3 rings (SSSR count). The second kappa shape index (κ2) is 9.28. The molecule has 138 valence electrons. The van der Waals surface area contributed by atoms with Gasteiger partial charge in [0.15, 0.2) is 0 Å². The van der Waals surface area contributed by atoms with Gasteiger partial charge in [0.05, 0.1) is 5.75 Å². The lowest BCUT2D eigenvalue weighted by molar-refractivity contribution is -0.113. The Morgan fingerprint density at radius 3 is 3.00 bits per heavy atom. The zero-order valence-corrected chi connectivity index (χ0v) is 16.8. The Balaban J connectivity index is 1.57. The average molecular weight is 389 g/mol. The van der Waals surface area contributed by atoms with Crippen LogP contribution in [0.2, 0.25) is 0 Å². The van der Waals surface area contributed by atoms with Gasteiger partial charge in [-0.3, -0.25) is 4.79 Å². The molecule has 0 bridgehead atoms. The van der Waals surface area contributed by atoms with Crippen LogP contribution in [0.5, 0.6) is 0 Å². The highest BCUT2D eigenvalue weighted by Crippen LogP contribution is 2.26. The lowest BCUT2D eigenvalue weighted by Gasteiger charge is -2.34. The summed E-state index contributed by atoms with van der Waals surface area (Å²) in [5.41, 5.74) is 0.827. The number of hydrogen-bond donors (Lipinski definition) is 1. The predicted molar refractivity (Wildman–Crippen MR) is 110 cm³/mol. The maximum atomic E-state index is 12.2. The summed E-state index contributed by atoms with van der Waals surface area (Å²) in [5.74, 6) is 1.26. The SMILES string of the molecule is CSc1cccc(NC(=O)CSc2cc(N3CCCC[C@@H]3C)ncn2)c1. The zero-order valence-electron chi connectivity index (χ0n) is 15.1. The van der Waals surface area contributed by atoms with Gasteiger partial charge < -0.3 is 10.2 Å². The van der Waals surface area contributed by atoms with Gasteiger partial charge >= 0.3 is 0 Å². The van der Waals surface area contributed by atoms with Crippen LogP contribution in [0.25, 0.3) is 0 Å². The van der Waals surface area contributed by atoms with E-state index in [0.29, 0.717) is 11.8 Å². The van der Waals surface area contributed by atoms with E-state index in [9.17, 15) is 4.79 Å². The number of carbonyl (C=O) groups excluding carboxylic acids is 1. The van der Waals surface area contributed by atoms with Crippen molar-refractivity contribution in [3.63, 3.8) is 0 Å². The molecule has 1 aromatic heterocycles. The van der Waals surface area contributed by atoms with Gasteiger partial charge in [-0.15, -0.1) is 11.8 Å². The Morgan fingerprint density at radius 1 is 1.31 bits per heavy atom. The van der Waals surface area contributed by atoms with Crippen LogP contribution in [0.15, 0.2) is 46.6 Å². The summed E-state index contributed by atoms with van der Waals surface area (Å²) in [7, 11) is 0. The number of nitrogens with one attached hydrogen (secondary N) is 1. The van der Waals surface area contributed by atoms with Crippen molar-refractivity contribution in [3.05, 3.63) is 36.7 Å². The fourth-order valence-corrected chi connectivity index (χ4v) is 4.16. The number of carbonyl (C=O) groups is 1. The monoisotopic (exact) mass is 388 g/mol. The minimum Gasteiger partial charge on any atom is -0.354 e. The molecule has 1 fully saturated rings. The van der Waals surface area contributed by atoms with E-state index in [2.05, 4.69) is 27.1 Å². The first kappa shape index (κ1) is 19.0. The number of hydrogen-bond acceptors (Lipinski definition) is 6. The Hall–Kier alpha value is -1.73. The van der Waals surface area contributed by atoms with Crippen LogP contribution in [-0.2, 0) is 4.79 Å². The number of piperidine rings is 1. The van der Waals surface area contributed by atoms with Crippen molar-refractivity contribution in [3.8, 4) is 0 Å². The molecular weight excluding hydrogens is 364 g/mol. The molecule has 2 heterocycles. The standard InChI is InChI=1S/C19H24N4OS2/c1-14-6-3-4-9-23(14)17-11-19(21-13-20-17)26-12-18(24)22-15-7-5-8-16(10-15)25-2/h5,7-8,10-11,13-14H,3-4,6,9,12H2,1-2H3,(H,22,24)/t14-/m0/s1. The van der Waals surface area contributed by atoms with Crippen LogP contribution >= 0.6 is 23.5 Å². The van der Waals surface area contributed by atoms with Gasteiger partial charge in [0.2, 0.25) is 5.91 Å². The molecule has 1 amide bonds. The number of aromatic nitrogens is 2.